The molecule has 0 aromatic heterocycles. The largest absolute Gasteiger partial charge is 0.272 e. The number of benzene rings is 2. The lowest BCUT2D eigenvalue weighted by atomic mass is 10.2. The maximum Gasteiger partial charge on any atom is 0.269 e. The minimum absolute atomic E-state index is 0.198. The molecule has 0 atom stereocenters. The molecule has 0 bridgehead atoms. The minimum Gasteiger partial charge on any atom is -0.272 e. The molecule has 2 N–H and O–H groups in total. The van der Waals surface area contributed by atoms with E-state index in [0.717, 1.165) is 9.37 Å². The van der Waals surface area contributed by atoms with E-state index in [0.29, 0.717) is 10.6 Å². The van der Waals surface area contributed by atoms with E-state index >= 15 is 0 Å². The Kier molecular flexibility index (Phi) is 6.30. The lowest BCUT2D eigenvalue weighted by Crippen LogP contribution is -2.42. The third kappa shape index (κ3) is 5.05. The number of rotatable bonds is 4. The van der Waals surface area contributed by atoms with Crippen molar-refractivity contribution in [3.8, 4) is 0 Å². The Labute approximate surface area is 145 Å². The summed E-state index contributed by atoms with van der Waals surface area (Å²) in [5, 5.41) is 0.547. The van der Waals surface area contributed by atoms with Crippen LogP contribution in [0.5, 0.6) is 0 Å². The second kappa shape index (κ2) is 8.22. The highest BCUT2D eigenvalue weighted by molar-refractivity contribution is 9.10. The molecule has 0 aliphatic heterocycles. The standard InChI is InChI=1S/C15H12BrClN2O2S/c16-12-3-1-2-4-13(12)22-9-14(20)18-19-15(21)10-5-7-11(17)8-6-10/h1-8H,9H2,(H,18,20)(H,19,21). The summed E-state index contributed by atoms with van der Waals surface area (Å²) in [5.74, 6) is -0.484. The molecule has 0 unspecified atom stereocenters. The summed E-state index contributed by atoms with van der Waals surface area (Å²) < 4.78 is 0.929. The Morgan fingerprint density at radius 2 is 1.73 bits per heavy atom. The first-order valence-electron chi connectivity index (χ1n) is 6.28. The zero-order chi connectivity index (χ0) is 15.9. The molecule has 2 aromatic carbocycles. The van der Waals surface area contributed by atoms with Crippen LogP contribution in [0.2, 0.25) is 5.02 Å². The predicted molar refractivity (Wildman–Crippen MR) is 91.9 cm³/mol. The van der Waals surface area contributed by atoms with Gasteiger partial charge in [-0.05, 0) is 52.3 Å². The Bertz CT molecular complexity index is 679. The van der Waals surface area contributed by atoms with E-state index in [1.54, 1.807) is 24.3 Å². The van der Waals surface area contributed by atoms with Crippen LogP contribution in [0.3, 0.4) is 0 Å². The van der Waals surface area contributed by atoms with E-state index < -0.39 is 5.91 Å². The average molecular weight is 400 g/mol. The fourth-order valence-electron chi connectivity index (χ4n) is 1.54. The van der Waals surface area contributed by atoms with Crippen molar-refractivity contribution >= 4 is 51.1 Å². The molecule has 0 heterocycles. The summed E-state index contributed by atoms with van der Waals surface area (Å²) in [7, 11) is 0. The minimum atomic E-state index is -0.393. The van der Waals surface area contributed by atoms with Crippen molar-refractivity contribution in [3.63, 3.8) is 0 Å². The average Bonchev–Trinajstić information content (AvgIpc) is 2.52. The Hall–Kier alpha value is -1.50. The number of halogens is 2. The highest BCUT2D eigenvalue weighted by Gasteiger charge is 2.08. The van der Waals surface area contributed by atoms with E-state index in [4.69, 9.17) is 11.6 Å². The highest BCUT2D eigenvalue weighted by Crippen LogP contribution is 2.26. The summed E-state index contributed by atoms with van der Waals surface area (Å²) in [6.45, 7) is 0. The van der Waals surface area contributed by atoms with Gasteiger partial charge < -0.3 is 0 Å². The van der Waals surface area contributed by atoms with Gasteiger partial charge in [0, 0.05) is 20.0 Å². The normalized spacial score (nSPS) is 10.1. The van der Waals surface area contributed by atoms with Gasteiger partial charge in [-0.25, -0.2) is 0 Å². The number of carbonyl (C=O) groups is 2. The van der Waals surface area contributed by atoms with Crippen molar-refractivity contribution in [3.05, 3.63) is 63.6 Å². The van der Waals surface area contributed by atoms with Crippen LogP contribution in [0.25, 0.3) is 0 Å². The monoisotopic (exact) mass is 398 g/mol. The molecule has 2 amide bonds. The van der Waals surface area contributed by atoms with Crippen LogP contribution in [0, 0.1) is 0 Å². The molecule has 7 heteroatoms. The van der Waals surface area contributed by atoms with Gasteiger partial charge in [0.05, 0.1) is 5.75 Å². The first-order chi connectivity index (χ1) is 10.6. The molecule has 4 nitrogen and oxygen atoms in total. The van der Waals surface area contributed by atoms with Gasteiger partial charge in [0.1, 0.15) is 0 Å². The van der Waals surface area contributed by atoms with Crippen LogP contribution < -0.4 is 10.9 Å². The van der Waals surface area contributed by atoms with Crippen molar-refractivity contribution in [2.45, 2.75) is 4.90 Å². The van der Waals surface area contributed by atoms with Crippen LogP contribution in [-0.2, 0) is 4.79 Å². The topological polar surface area (TPSA) is 58.2 Å². The number of thioether (sulfide) groups is 1. The summed E-state index contributed by atoms with van der Waals surface area (Å²) in [6.07, 6.45) is 0. The molecular weight excluding hydrogens is 388 g/mol. The molecule has 0 saturated carbocycles. The molecule has 0 radical (unpaired) electrons. The summed E-state index contributed by atoms with van der Waals surface area (Å²) in [6, 6.07) is 14.0. The fourth-order valence-corrected chi connectivity index (χ4v) is 3.03. The van der Waals surface area contributed by atoms with Gasteiger partial charge in [-0.1, -0.05) is 23.7 Å². The lowest BCUT2D eigenvalue weighted by Gasteiger charge is -2.08. The summed E-state index contributed by atoms with van der Waals surface area (Å²) >= 11 is 10.5. The van der Waals surface area contributed by atoms with Crippen LogP contribution >= 0.6 is 39.3 Å². The first-order valence-corrected chi connectivity index (χ1v) is 8.44. The third-order valence-corrected chi connectivity index (χ3v) is 4.90. The number of hydrogen-bond donors (Lipinski definition) is 2. The van der Waals surface area contributed by atoms with Gasteiger partial charge in [0.15, 0.2) is 0 Å². The molecule has 0 saturated heterocycles. The molecule has 114 valence electrons. The second-order valence-electron chi connectivity index (χ2n) is 4.23. The summed E-state index contributed by atoms with van der Waals surface area (Å²) in [5.41, 5.74) is 5.16. The molecule has 2 aromatic rings. The smallest absolute Gasteiger partial charge is 0.269 e. The maximum atomic E-state index is 11.8. The van der Waals surface area contributed by atoms with Gasteiger partial charge in [0.25, 0.3) is 5.91 Å². The van der Waals surface area contributed by atoms with Crippen LogP contribution in [0.1, 0.15) is 10.4 Å². The zero-order valence-electron chi connectivity index (χ0n) is 11.3. The molecule has 0 aliphatic carbocycles. The van der Waals surface area contributed by atoms with E-state index in [2.05, 4.69) is 26.8 Å². The van der Waals surface area contributed by atoms with Crippen molar-refractivity contribution < 1.29 is 9.59 Å². The maximum absolute atomic E-state index is 11.8. The highest BCUT2D eigenvalue weighted by atomic mass is 79.9. The Balaban J connectivity index is 1.79. The Morgan fingerprint density at radius 1 is 1.05 bits per heavy atom. The van der Waals surface area contributed by atoms with E-state index in [1.807, 2.05) is 24.3 Å². The number of hydrazine groups is 1. The van der Waals surface area contributed by atoms with Gasteiger partial charge in [-0.15, -0.1) is 11.8 Å². The number of amides is 2. The van der Waals surface area contributed by atoms with Gasteiger partial charge >= 0.3 is 0 Å². The van der Waals surface area contributed by atoms with Gasteiger partial charge in [-0.3, -0.25) is 20.4 Å². The van der Waals surface area contributed by atoms with Crippen molar-refractivity contribution in [2.75, 3.05) is 5.75 Å². The number of hydrogen-bond acceptors (Lipinski definition) is 3. The van der Waals surface area contributed by atoms with Crippen LogP contribution in [-0.4, -0.2) is 17.6 Å². The Morgan fingerprint density at radius 3 is 2.41 bits per heavy atom. The predicted octanol–water partition coefficient (Wildman–Crippen LogP) is 3.66. The number of carbonyl (C=O) groups excluding carboxylic acids is 2. The third-order valence-electron chi connectivity index (χ3n) is 2.62. The quantitative estimate of drug-likeness (QED) is 0.609. The molecule has 22 heavy (non-hydrogen) atoms. The molecule has 2 rings (SSSR count). The first kappa shape index (κ1) is 16.9. The van der Waals surface area contributed by atoms with Crippen molar-refractivity contribution in [1.29, 1.82) is 0 Å². The molecule has 0 aliphatic rings. The van der Waals surface area contributed by atoms with E-state index in [1.165, 1.54) is 11.8 Å². The number of nitrogens with one attached hydrogen (secondary N) is 2. The van der Waals surface area contributed by atoms with Crippen LogP contribution in [0.4, 0.5) is 0 Å². The van der Waals surface area contributed by atoms with Gasteiger partial charge in [0.2, 0.25) is 5.91 Å². The van der Waals surface area contributed by atoms with Gasteiger partial charge in [-0.2, -0.15) is 0 Å². The van der Waals surface area contributed by atoms with Crippen molar-refractivity contribution in [1.82, 2.24) is 10.9 Å². The van der Waals surface area contributed by atoms with Crippen LogP contribution in [0.15, 0.2) is 57.9 Å². The zero-order valence-corrected chi connectivity index (χ0v) is 14.5. The molecule has 0 fully saturated rings. The van der Waals surface area contributed by atoms with E-state index in [9.17, 15) is 9.59 Å². The lowest BCUT2D eigenvalue weighted by molar-refractivity contribution is -0.119. The van der Waals surface area contributed by atoms with Crippen molar-refractivity contribution in [2.24, 2.45) is 0 Å². The molecule has 0 spiro atoms. The summed E-state index contributed by atoms with van der Waals surface area (Å²) in [4.78, 5) is 24.5. The SMILES string of the molecule is O=C(CSc1ccccc1Br)NNC(=O)c1ccc(Cl)cc1. The fraction of sp³-hybridized carbons (Fsp3) is 0.0667. The van der Waals surface area contributed by atoms with E-state index in [-0.39, 0.29) is 11.7 Å². The second-order valence-corrected chi connectivity index (χ2v) is 6.54. The molecular formula is C15H12BrClN2O2S.